The van der Waals surface area contributed by atoms with Crippen LogP contribution < -0.4 is 15.6 Å². The lowest BCUT2D eigenvalue weighted by atomic mass is 10.1. The van der Waals surface area contributed by atoms with Crippen LogP contribution in [0.15, 0.2) is 83.7 Å². The lowest BCUT2D eigenvalue weighted by molar-refractivity contribution is -0.121. The lowest BCUT2D eigenvalue weighted by Crippen LogP contribution is -2.25. The molecule has 0 saturated heterocycles. The summed E-state index contributed by atoms with van der Waals surface area (Å²) >= 11 is 0. The molecule has 8 heteroatoms. The number of benzene rings is 3. The van der Waals surface area contributed by atoms with Crippen LogP contribution in [0.4, 0.5) is 0 Å². The Hall–Kier alpha value is -4.46. The summed E-state index contributed by atoms with van der Waals surface area (Å²) in [6.07, 6.45) is 1.33. The Bertz CT molecular complexity index is 1570. The monoisotopic (exact) mass is 481 g/mol. The van der Waals surface area contributed by atoms with Gasteiger partial charge in [-0.1, -0.05) is 60.7 Å². The van der Waals surface area contributed by atoms with Gasteiger partial charge < -0.3 is 10.1 Å². The number of carbonyl (C=O) groups excluding carboxylic acids is 1. The van der Waals surface area contributed by atoms with Crippen molar-refractivity contribution in [1.82, 2.24) is 24.5 Å². The number of carbonyl (C=O) groups is 1. The lowest BCUT2D eigenvalue weighted by Gasteiger charge is -2.12. The minimum atomic E-state index is -0.0978. The topological polar surface area (TPSA) is 90.5 Å². The Morgan fingerprint density at radius 3 is 2.50 bits per heavy atom. The van der Waals surface area contributed by atoms with E-state index in [1.165, 1.54) is 0 Å². The number of aromatic nitrogens is 4. The average Bonchev–Trinajstić information content (AvgIpc) is 3.35. The van der Waals surface area contributed by atoms with Crippen molar-refractivity contribution in [2.45, 2.75) is 32.4 Å². The second kappa shape index (κ2) is 10.4. The van der Waals surface area contributed by atoms with Crippen LogP contribution in [-0.2, 0) is 30.7 Å². The highest BCUT2D eigenvalue weighted by Gasteiger charge is 2.17. The minimum absolute atomic E-state index is 0.0949. The third-order valence-electron chi connectivity index (χ3n) is 6.29. The van der Waals surface area contributed by atoms with Gasteiger partial charge in [-0.15, -0.1) is 10.2 Å². The first kappa shape index (κ1) is 23.3. The molecule has 0 aliphatic carbocycles. The molecule has 0 aliphatic rings. The summed E-state index contributed by atoms with van der Waals surface area (Å²) in [6.45, 7) is 0.861. The summed E-state index contributed by atoms with van der Waals surface area (Å²) in [7, 11) is 1.61. The highest BCUT2D eigenvalue weighted by molar-refractivity contribution is 5.80. The fourth-order valence-electron chi connectivity index (χ4n) is 4.42. The minimum Gasteiger partial charge on any atom is -0.496 e. The Morgan fingerprint density at radius 1 is 0.917 bits per heavy atom. The molecule has 182 valence electrons. The van der Waals surface area contributed by atoms with Gasteiger partial charge >= 0.3 is 0 Å². The number of aryl methyl sites for hydroxylation is 3. The first-order valence-corrected chi connectivity index (χ1v) is 11.9. The third-order valence-corrected chi connectivity index (χ3v) is 6.29. The van der Waals surface area contributed by atoms with E-state index in [-0.39, 0.29) is 17.9 Å². The molecular formula is C28H27N5O3. The molecule has 3 aromatic carbocycles. The number of fused-ring (bicyclic) bond motifs is 3. The molecule has 2 aromatic heterocycles. The van der Waals surface area contributed by atoms with Crippen molar-refractivity contribution in [2.24, 2.45) is 0 Å². The summed E-state index contributed by atoms with van der Waals surface area (Å²) in [5.41, 5.74) is 2.70. The van der Waals surface area contributed by atoms with Crippen LogP contribution in [0.5, 0.6) is 5.75 Å². The summed E-state index contributed by atoms with van der Waals surface area (Å²) in [6, 6.07) is 25.1. The highest BCUT2D eigenvalue weighted by Crippen LogP contribution is 2.18. The van der Waals surface area contributed by atoms with E-state index >= 15 is 0 Å². The van der Waals surface area contributed by atoms with Crippen molar-refractivity contribution in [2.75, 3.05) is 7.11 Å². The molecule has 0 spiro atoms. The molecule has 0 radical (unpaired) electrons. The molecule has 1 N–H and O–H groups in total. The zero-order chi connectivity index (χ0) is 24.9. The van der Waals surface area contributed by atoms with Crippen molar-refractivity contribution in [3.05, 3.63) is 106 Å². The van der Waals surface area contributed by atoms with Gasteiger partial charge in [0.15, 0.2) is 0 Å². The molecule has 0 fully saturated rings. The number of methoxy groups -OCH3 is 1. The van der Waals surface area contributed by atoms with E-state index in [1.807, 2.05) is 83.3 Å². The van der Waals surface area contributed by atoms with Crippen LogP contribution in [0.25, 0.3) is 16.7 Å². The molecule has 5 rings (SSSR count). The van der Waals surface area contributed by atoms with Crippen LogP contribution in [0.1, 0.15) is 23.4 Å². The largest absolute Gasteiger partial charge is 0.496 e. The van der Waals surface area contributed by atoms with Gasteiger partial charge in [-0.05, 0) is 30.2 Å². The number of nitrogens with one attached hydrogen (secondary N) is 1. The van der Waals surface area contributed by atoms with E-state index in [0.717, 1.165) is 22.4 Å². The zero-order valence-corrected chi connectivity index (χ0v) is 20.1. The van der Waals surface area contributed by atoms with Crippen LogP contribution in [0.3, 0.4) is 0 Å². The first-order chi connectivity index (χ1) is 17.7. The Morgan fingerprint density at radius 2 is 1.67 bits per heavy atom. The molecule has 1 amide bonds. The van der Waals surface area contributed by atoms with E-state index < -0.39 is 0 Å². The van der Waals surface area contributed by atoms with Crippen molar-refractivity contribution in [3.8, 4) is 5.75 Å². The SMILES string of the molecule is COc1ccccc1CNC(=O)CCc1nnc2n(CCc3ccccc3)c(=O)c3ccccc3n12. The number of hydrogen-bond donors (Lipinski definition) is 1. The van der Waals surface area contributed by atoms with E-state index in [9.17, 15) is 9.59 Å². The molecule has 0 saturated carbocycles. The Labute approximate surface area is 208 Å². The van der Waals surface area contributed by atoms with E-state index in [1.54, 1.807) is 11.7 Å². The van der Waals surface area contributed by atoms with Crippen LogP contribution in [0, 0.1) is 0 Å². The predicted octanol–water partition coefficient (Wildman–Crippen LogP) is 3.54. The van der Waals surface area contributed by atoms with E-state index in [0.29, 0.717) is 42.9 Å². The van der Waals surface area contributed by atoms with Gasteiger partial charge in [-0.25, -0.2) is 0 Å². The summed E-state index contributed by atoms with van der Waals surface area (Å²) in [5.74, 6) is 1.77. The van der Waals surface area contributed by atoms with Gasteiger partial charge in [-0.3, -0.25) is 18.6 Å². The predicted molar refractivity (Wildman–Crippen MR) is 138 cm³/mol. The molecule has 36 heavy (non-hydrogen) atoms. The van der Waals surface area contributed by atoms with Gasteiger partial charge in [0, 0.05) is 31.5 Å². The van der Waals surface area contributed by atoms with Gasteiger partial charge in [0.05, 0.1) is 18.0 Å². The summed E-state index contributed by atoms with van der Waals surface area (Å²) in [4.78, 5) is 25.9. The number of nitrogens with zero attached hydrogens (tertiary/aromatic N) is 4. The normalized spacial score (nSPS) is 11.1. The molecule has 5 aromatic rings. The van der Waals surface area contributed by atoms with Crippen LogP contribution in [0.2, 0.25) is 0 Å². The molecule has 0 atom stereocenters. The molecule has 0 unspecified atom stereocenters. The Balaban J connectivity index is 1.39. The third kappa shape index (κ3) is 4.70. The van der Waals surface area contributed by atoms with Gasteiger partial charge in [0.2, 0.25) is 11.7 Å². The van der Waals surface area contributed by atoms with Crippen molar-refractivity contribution >= 4 is 22.6 Å². The second-order valence-corrected chi connectivity index (χ2v) is 8.55. The quantitative estimate of drug-likeness (QED) is 0.348. The average molecular weight is 482 g/mol. The number of ether oxygens (including phenoxy) is 1. The van der Waals surface area contributed by atoms with E-state index in [2.05, 4.69) is 15.5 Å². The maximum absolute atomic E-state index is 13.3. The van der Waals surface area contributed by atoms with Gasteiger partial charge in [0.25, 0.3) is 5.56 Å². The fraction of sp³-hybridized carbons (Fsp3) is 0.214. The maximum atomic E-state index is 13.3. The van der Waals surface area contributed by atoms with E-state index in [4.69, 9.17) is 4.74 Å². The molecule has 0 bridgehead atoms. The number of amides is 1. The van der Waals surface area contributed by atoms with Crippen molar-refractivity contribution in [3.63, 3.8) is 0 Å². The van der Waals surface area contributed by atoms with Gasteiger partial charge in [0.1, 0.15) is 11.6 Å². The second-order valence-electron chi connectivity index (χ2n) is 8.55. The number of rotatable bonds is 9. The van der Waals surface area contributed by atoms with Crippen molar-refractivity contribution in [1.29, 1.82) is 0 Å². The standard InChI is InChI=1S/C28H27N5O3/c1-36-24-14-8-5-11-21(24)19-29-26(34)16-15-25-30-31-28-32(18-17-20-9-3-2-4-10-20)27(35)22-12-6-7-13-23(22)33(25)28/h2-14H,15-19H2,1H3,(H,29,34). The fourth-order valence-corrected chi connectivity index (χ4v) is 4.42. The first-order valence-electron chi connectivity index (χ1n) is 11.9. The molecule has 2 heterocycles. The highest BCUT2D eigenvalue weighted by atomic mass is 16.5. The maximum Gasteiger partial charge on any atom is 0.262 e. The number of para-hydroxylation sites is 2. The van der Waals surface area contributed by atoms with Crippen LogP contribution in [-0.4, -0.2) is 32.2 Å². The number of hydrogen-bond acceptors (Lipinski definition) is 5. The van der Waals surface area contributed by atoms with Crippen LogP contribution >= 0.6 is 0 Å². The summed E-state index contributed by atoms with van der Waals surface area (Å²) in [5, 5.41) is 12.3. The molecular weight excluding hydrogens is 454 g/mol. The smallest absolute Gasteiger partial charge is 0.262 e. The zero-order valence-electron chi connectivity index (χ0n) is 20.1. The van der Waals surface area contributed by atoms with Gasteiger partial charge in [-0.2, -0.15) is 0 Å². The Kier molecular flexibility index (Phi) is 6.75. The summed E-state index contributed by atoms with van der Waals surface area (Å²) < 4.78 is 8.93. The molecule has 0 aliphatic heterocycles. The van der Waals surface area contributed by atoms with Crippen molar-refractivity contribution < 1.29 is 9.53 Å². The molecule has 8 nitrogen and oxygen atoms in total.